The Hall–Kier alpha value is -3.41. The molecular weight excluding hydrogens is 340 g/mol. The summed E-state index contributed by atoms with van der Waals surface area (Å²) in [6.07, 6.45) is 0.739. The molecule has 27 heavy (non-hydrogen) atoms. The van der Waals surface area contributed by atoms with Crippen molar-refractivity contribution < 1.29 is 9.59 Å². The molecule has 3 aromatic rings. The molecule has 1 saturated heterocycles. The third-order valence-corrected chi connectivity index (χ3v) is 4.55. The number of benzene rings is 2. The van der Waals surface area contributed by atoms with Crippen LogP contribution in [0.2, 0.25) is 0 Å². The third kappa shape index (κ3) is 3.60. The first-order valence-electron chi connectivity index (χ1n) is 8.99. The third-order valence-electron chi connectivity index (χ3n) is 4.55. The molecule has 4 rings (SSSR count). The number of rotatable bonds is 3. The molecule has 2 aromatic carbocycles. The molecule has 136 valence electrons. The van der Waals surface area contributed by atoms with Gasteiger partial charge in [-0.2, -0.15) is 5.10 Å². The molecule has 1 fully saturated rings. The lowest BCUT2D eigenvalue weighted by molar-refractivity contribution is -0.121. The number of carbonyl (C=O) groups excluding carboxylic acids is 2. The molecule has 1 N–H and O–H groups in total. The summed E-state index contributed by atoms with van der Waals surface area (Å²) >= 11 is 0. The number of carbonyl (C=O) groups is 2. The average Bonchev–Trinajstić information content (AvgIpc) is 3.05. The molecule has 1 aliphatic rings. The van der Waals surface area contributed by atoms with Crippen molar-refractivity contribution in [3.05, 3.63) is 72.4 Å². The zero-order chi connectivity index (χ0) is 18.6. The van der Waals surface area contributed by atoms with Crippen LogP contribution in [0.4, 0.5) is 0 Å². The van der Waals surface area contributed by atoms with Crippen molar-refractivity contribution in [1.29, 1.82) is 0 Å². The molecule has 0 aliphatic carbocycles. The molecular formula is C21H20N4O2. The minimum atomic E-state index is -0.223. The van der Waals surface area contributed by atoms with E-state index in [0.29, 0.717) is 18.8 Å². The summed E-state index contributed by atoms with van der Waals surface area (Å²) < 4.78 is 1.78. The van der Waals surface area contributed by atoms with Crippen LogP contribution in [-0.4, -0.2) is 46.1 Å². The van der Waals surface area contributed by atoms with Crippen molar-refractivity contribution in [2.75, 3.05) is 19.6 Å². The Morgan fingerprint density at radius 1 is 1.00 bits per heavy atom. The Morgan fingerprint density at radius 2 is 1.70 bits per heavy atom. The second kappa shape index (κ2) is 7.45. The highest BCUT2D eigenvalue weighted by atomic mass is 16.2. The molecule has 1 aromatic heterocycles. The van der Waals surface area contributed by atoms with Crippen molar-refractivity contribution in [3.63, 3.8) is 0 Å². The number of hydrogen-bond acceptors (Lipinski definition) is 3. The largest absolute Gasteiger partial charge is 0.354 e. The van der Waals surface area contributed by atoms with E-state index in [2.05, 4.69) is 10.4 Å². The van der Waals surface area contributed by atoms with Crippen LogP contribution >= 0.6 is 0 Å². The highest BCUT2D eigenvalue weighted by Gasteiger charge is 2.24. The second-order valence-corrected chi connectivity index (χ2v) is 6.46. The molecule has 0 unspecified atom stereocenters. The lowest BCUT2D eigenvalue weighted by atomic mass is 10.1. The second-order valence-electron chi connectivity index (χ2n) is 6.46. The van der Waals surface area contributed by atoms with E-state index in [1.165, 1.54) is 0 Å². The fourth-order valence-corrected chi connectivity index (χ4v) is 3.21. The van der Waals surface area contributed by atoms with Crippen LogP contribution in [-0.2, 0) is 4.79 Å². The summed E-state index contributed by atoms with van der Waals surface area (Å²) in [5.74, 6) is -0.356. The Morgan fingerprint density at radius 3 is 2.44 bits per heavy atom. The topological polar surface area (TPSA) is 67.2 Å². The maximum absolute atomic E-state index is 13.0. The van der Waals surface area contributed by atoms with E-state index in [1.807, 2.05) is 60.7 Å². The van der Waals surface area contributed by atoms with Gasteiger partial charge < -0.3 is 10.2 Å². The first-order valence-corrected chi connectivity index (χ1v) is 8.99. The van der Waals surface area contributed by atoms with Crippen LogP contribution in [0.25, 0.3) is 16.9 Å². The molecule has 0 radical (unpaired) electrons. The normalized spacial score (nSPS) is 14.5. The predicted octanol–water partition coefficient (Wildman–Crippen LogP) is 2.50. The van der Waals surface area contributed by atoms with Crippen LogP contribution in [0.3, 0.4) is 0 Å². The highest BCUT2D eigenvalue weighted by molar-refractivity contribution is 5.96. The monoisotopic (exact) mass is 360 g/mol. The van der Waals surface area contributed by atoms with Crippen molar-refractivity contribution in [1.82, 2.24) is 20.0 Å². The number of aromatic nitrogens is 2. The van der Waals surface area contributed by atoms with Gasteiger partial charge in [-0.15, -0.1) is 0 Å². The molecule has 0 atom stereocenters. The summed E-state index contributed by atoms with van der Waals surface area (Å²) in [5.41, 5.74) is 3.03. The van der Waals surface area contributed by atoms with Crippen LogP contribution in [0.15, 0.2) is 66.7 Å². The van der Waals surface area contributed by atoms with Crippen molar-refractivity contribution >= 4 is 11.8 Å². The minimum Gasteiger partial charge on any atom is -0.354 e. The van der Waals surface area contributed by atoms with E-state index >= 15 is 0 Å². The lowest BCUT2D eigenvalue weighted by Crippen LogP contribution is -2.37. The van der Waals surface area contributed by atoms with E-state index < -0.39 is 0 Å². The zero-order valence-corrected chi connectivity index (χ0v) is 14.8. The van der Waals surface area contributed by atoms with Crippen LogP contribution in [0.1, 0.15) is 16.9 Å². The van der Waals surface area contributed by atoms with Gasteiger partial charge in [-0.25, -0.2) is 4.68 Å². The predicted molar refractivity (Wildman–Crippen MR) is 103 cm³/mol. The van der Waals surface area contributed by atoms with Crippen molar-refractivity contribution in [2.45, 2.75) is 6.42 Å². The van der Waals surface area contributed by atoms with Crippen molar-refractivity contribution in [2.24, 2.45) is 0 Å². The average molecular weight is 360 g/mol. The first-order chi connectivity index (χ1) is 13.2. The SMILES string of the molecule is O=C1CN(C(=O)c2cc(-c3ccccc3)n(-c3ccccc3)n2)CCCN1. The highest BCUT2D eigenvalue weighted by Crippen LogP contribution is 2.24. The quantitative estimate of drug-likeness (QED) is 0.780. The number of hydrogen-bond donors (Lipinski definition) is 1. The van der Waals surface area contributed by atoms with Gasteiger partial charge in [0.15, 0.2) is 5.69 Å². The van der Waals surface area contributed by atoms with Gasteiger partial charge in [-0.3, -0.25) is 9.59 Å². The van der Waals surface area contributed by atoms with Crippen molar-refractivity contribution in [3.8, 4) is 16.9 Å². The summed E-state index contributed by atoms with van der Waals surface area (Å²) in [6.45, 7) is 1.20. The fourth-order valence-electron chi connectivity index (χ4n) is 3.21. The van der Waals surface area contributed by atoms with Gasteiger partial charge in [0.05, 0.1) is 17.9 Å². The Kier molecular flexibility index (Phi) is 4.70. The zero-order valence-electron chi connectivity index (χ0n) is 14.8. The number of amides is 2. The number of nitrogens with zero attached hydrogens (tertiary/aromatic N) is 3. The summed E-state index contributed by atoms with van der Waals surface area (Å²) in [5, 5.41) is 7.37. The number of para-hydroxylation sites is 1. The smallest absolute Gasteiger partial charge is 0.274 e. The van der Waals surface area contributed by atoms with E-state index in [0.717, 1.165) is 23.4 Å². The summed E-state index contributed by atoms with van der Waals surface area (Å²) in [6, 6.07) is 21.4. The van der Waals surface area contributed by atoms with Crippen LogP contribution < -0.4 is 5.32 Å². The van der Waals surface area contributed by atoms with Gasteiger partial charge in [-0.1, -0.05) is 48.5 Å². The molecule has 1 aliphatic heterocycles. The fraction of sp³-hybridized carbons (Fsp3) is 0.190. The standard InChI is InChI=1S/C21H20N4O2/c26-20-15-24(13-7-12-22-20)21(27)18-14-19(16-8-3-1-4-9-16)25(23-18)17-10-5-2-6-11-17/h1-6,8-11,14H,7,12-13,15H2,(H,22,26). The summed E-state index contributed by atoms with van der Waals surface area (Å²) in [4.78, 5) is 26.4. The van der Waals surface area contributed by atoms with Crippen LogP contribution in [0, 0.1) is 0 Å². The lowest BCUT2D eigenvalue weighted by Gasteiger charge is -2.17. The maximum Gasteiger partial charge on any atom is 0.274 e. The minimum absolute atomic E-state index is 0.0672. The van der Waals surface area contributed by atoms with Gasteiger partial charge in [0.2, 0.25) is 5.91 Å². The Balaban J connectivity index is 1.75. The summed E-state index contributed by atoms with van der Waals surface area (Å²) in [7, 11) is 0. The molecule has 0 spiro atoms. The maximum atomic E-state index is 13.0. The van der Waals surface area contributed by atoms with Crippen LogP contribution in [0.5, 0.6) is 0 Å². The molecule has 2 amide bonds. The van der Waals surface area contributed by atoms with Gasteiger partial charge >= 0.3 is 0 Å². The van der Waals surface area contributed by atoms with Gasteiger partial charge in [0.25, 0.3) is 5.91 Å². The Labute approximate surface area is 157 Å². The molecule has 6 nitrogen and oxygen atoms in total. The van der Waals surface area contributed by atoms with Gasteiger partial charge in [0.1, 0.15) is 0 Å². The van der Waals surface area contributed by atoms with Gasteiger partial charge in [0, 0.05) is 18.7 Å². The van der Waals surface area contributed by atoms with E-state index in [1.54, 1.807) is 15.6 Å². The first kappa shape index (κ1) is 17.0. The molecule has 0 bridgehead atoms. The molecule has 6 heteroatoms. The molecule has 0 saturated carbocycles. The number of nitrogens with one attached hydrogen (secondary N) is 1. The Bertz CT molecular complexity index is 894. The van der Waals surface area contributed by atoms with E-state index in [4.69, 9.17) is 0 Å². The van der Waals surface area contributed by atoms with E-state index in [9.17, 15) is 9.59 Å². The van der Waals surface area contributed by atoms with Gasteiger partial charge in [-0.05, 0) is 24.6 Å². The molecule has 2 heterocycles. The van der Waals surface area contributed by atoms with E-state index in [-0.39, 0.29) is 18.4 Å².